The SMILES string of the molecule is Nc1nnc(NC(=O)[N+]2(C(=O)c3ccccc3)CCN(C3CC3)CC2)cc1OCCc1c(Cl)ccc(F)c1Cl. The third kappa shape index (κ3) is 5.84. The van der Waals surface area contributed by atoms with Crippen LogP contribution in [0, 0.1) is 5.82 Å². The molecule has 3 N–H and O–H groups in total. The molecule has 0 spiro atoms. The standard InChI is InChI=1S/C27H27Cl2FN6O3/c28-20-8-9-21(30)24(29)19(20)10-15-39-22-16-23(33-34-25(22)31)32-27(38)36(26(37)17-4-2-1-3-5-17)13-11-35(12-14-36)18-6-7-18/h1-5,8-9,16,18H,6-7,10-15H2,(H2-,31,32,33,34,38)/p+1. The van der Waals surface area contributed by atoms with Crippen molar-refractivity contribution in [2.45, 2.75) is 25.3 Å². The maximum absolute atomic E-state index is 13.8. The van der Waals surface area contributed by atoms with Crippen LogP contribution in [-0.2, 0) is 6.42 Å². The Balaban J connectivity index is 1.31. The number of piperazine rings is 1. The van der Waals surface area contributed by atoms with Gasteiger partial charge in [0.2, 0.25) is 0 Å². The topological polar surface area (TPSA) is 110 Å². The summed E-state index contributed by atoms with van der Waals surface area (Å²) in [7, 11) is 0. The van der Waals surface area contributed by atoms with Crippen LogP contribution in [0.3, 0.4) is 0 Å². The van der Waals surface area contributed by atoms with Gasteiger partial charge in [0.1, 0.15) is 18.9 Å². The van der Waals surface area contributed by atoms with Crippen molar-refractivity contribution >= 4 is 46.8 Å². The van der Waals surface area contributed by atoms with Crippen LogP contribution < -0.4 is 15.8 Å². The molecule has 0 unspecified atom stereocenters. The van der Waals surface area contributed by atoms with E-state index in [1.54, 1.807) is 24.3 Å². The van der Waals surface area contributed by atoms with Gasteiger partial charge in [0.05, 0.1) is 17.2 Å². The van der Waals surface area contributed by atoms with Crippen molar-refractivity contribution in [3.05, 3.63) is 75.5 Å². The van der Waals surface area contributed by atoms with Gasteiger partial charge < -0.3 is 10.5 Å². The van der Waals surface area contributed by atoms with E-state index in [4.69, 9.17) is 33.7 Å². The zero-order valence-electron chi connectivity index (χ0n) is 21.1. The molecule has 1 aromatic heterocycles. The number of nitrogens with zero attached hydrogens (tertiary/aromatic N) is 4. The molecule has 204 valence electrons. The van der Waals surface area contributed by atoms with Gasteiger partial charge >= 0.3 is 11.9 Å². The molecule has 0 bridgehead atoms. The van der Waals surface area contributed by atoms with E-state index < -0.39 is 11.8 Å². The van der Waals surface area contributed by atoms with E-state index in [0.717, 1.165) is 12.8 Å². The number of benzene rings is 2. The van der Waals surface area contributed by atoms with Crippen molar-refractivity contribution in [2.24, 2.45) is 0 Å². The average molecular weight is 574 g/mol. The fourth-order valence-electron chi connectivity index (χ4n) is 4.79. The molecule has 1 aliphatic heterocycles. The summed E-state index contributed by atoms with van der Waals surface area (Å²) in [4.78, 5) is 29.7. The Bertz CT molecular complexity index is 1380. The van der Waals surface area contributed by atoms with E-state index in [-0.39, 0.29) is 45.8 Å². The first-order valence-electron chi connectivity index (χ1n) is 12.7. The van der Waals surface area contributed by atoms with Crippen LogP contribution in [0.25, 0.3) is 0 Å². The first kappa shape index (κ1) is 27.3. The normalized spacial score (nSPS) is 17.0. The lowest BCUT2D eigenvalue weighted by Gasteiger charge is -2.40. The van der Waals surface area contributed by atoms with Crippen LogP contribution in [-0.4, -0.2) is 70.3 Å². The number of carbonyl (C=O) groups is 2. The summed E-state index contributed by atoms with van der Waals surface area (Å²) < 4.78 is 19.2. The Kier molecular flexibility index (Phi) is 7.99. The lowest BCUT2D eigenvalue weighted by molar-refractivity contribution is -0.771. The summed E-state index contributed by atoms with van der Waals surface area (Å²) in [5.74, 6) is -0.581. The number of ether oxygens (including phenoxy) is 1. The number of hydrogen-bond acceptors (Lipinski definition) is 7. The predicted octanol–water partition coefficient (Wildman–Crippen LogP) is 4.79. The van der Waals surface area contributed by atoms with Gasteiger partial charge in [0.15, 0.2) is 17.4 Å². The smallest absolute Gasteiger partial charge is 0.430 e. The summed E-state index contributed by atoms with van der Waals surface area (Å²) in [5.41, 5.74) is 6.81. The van der Waals surface area contributed by atoms with Gasteiger partial charge in [-0.1, -0.05) is 41.4 Å². The van der Waals surface area contributed by atoms with Gasteiger partial charge in [-0.05, 0) is 42.7 Å². The van der Waals surface area contributed by atoms with Gasteiger partial charge in [-0.3, -0.25) is 10.2 Å². The summed E-state index contributed by atoms with van der Waals surface area (Å²) in [6, 6.07) is 12.9. The van der Waals surface area contributed by atoms with E-state index in [1.807, 2.05) is 6.07 Å². The molecule has 0 atom stereocenters. The van der Waals surface area contributed by atoms with Crippen molar-refractivity contribution in [3.8, 4) is 5.75 Å². The molecule has 2 heterocycles. The number of urea groups is 1. The number of imide groups is 1. The Morgan fingerprint density at radius 2 is 1.82 bits per heavy atom. The molecule has 3 aromatic rings. The lowest BCUT2D eigenvalue weighted by atomic mass is 10.1. The number of amides is 3. The molecule has 5 rings (SSSR count). The Morgan fingerprint density at radius 1 is 1.10 bits per heavy atom. The Labute approximate surface area is 235 Å². The van der Waals surface area contributed by atoms with Gasteiger partial charge in [0, 0.05) is 36.6 Å². The van der Waals surface area contributed by atoms with Crippen LogP contribution in [0.2, 0.25) is 10.0 Å². The quantitative estimate of drug-likeness (QED) is 0.308. The second kappa shape index (κ2) is 11.4. The molecule has 1 aliphatic carbocycles. The fourth-order valence-corrected chi connectivity index (χ4v) is 5.35. The number of quaternary nitrogens is 1. The van der Waals surface area contributed by atoms with Gasteiger partial charge in [-0.2, -0.15) is 4.48 Å². The van der Waals surface area contributed by atoms with E-state index in [2.05, 4.69) is 20.4 Å². The van der Waals surface area contributed by atoms with Crippen molar-refractivity contribution in [2.75, 3.05) is 43.8 Å². The van der Waals surface area contributed by atoms with Crippen molar-refractivity contribution in [1.29, 1.82) is 0 Å². The van der Waals surface area contributed by atoms with Crippen LogP contribution >= 0.6 is 23.2 Å². The number of nitrogens with two attached hydrogens (primary N) is 1. The lowest BCUT2D eigenvalue weighted by Crippen LogP contribution is -2.66. The van der Waals surface area contributed by atoms with Gasteiger partial charge in [0.25, 0.3) is 0 Å². The highest BCUT2D eigenvalue weighted by Gasteiger charge is 2.49. The van der Waals surface area contributed by atoms with E-state index in [9.17, 15) is 14.0 Å². The molecule has 2 aromatic carbocycles. The number of anilines is 2. The van der Waals surface area contributed by atoms with E-state index in [1.165, 1.54) is 18.2 Å². The molecule has 3 amide bonds. The third-order valence-electron chi connectivity index (χ3n) is 7.17. The first-order valence-corrected chi connectivity index (χ1v) is 13.4. The average Bonchev–Trinajstić information content (AvgIpc) is 3.80. The molecular formula is C27H28Cl2FN6O3+. The molecule has 2 aliphatic rings. The minimum absolute atomic E-state index is 0.00624. The Hall–Kier alpha value is -3.31. The van der Waals surface area contributed by atoms with E-state index in [0.29, 0.717) is 48.4 Å². The summed E-state index contributed by atoms with van der Waals surface area (Å²) in [6.45, 7) is 2.04. The monoisotopic (exact) mass is 573 g/mol. The molecule has 12 heteroatoms. The number of nitrogens with one attached hydrogen (secondary N) is 1. The van der Waals surface area contributed by atoms with Crippen LogP contribution in [0.1, 0.15) is 28.8 Å². The number of nitrogen functional groups attached to an aromatic ring is 1. The second-order valence-corrected chi connectivity index (χ2v) is 10.5. The maximum Gasteiger partial charge on any atom is 0.430 e. The molecule has 2 fully saturated rings. The van der Waals surface area contributed by atoms with Crippen LogP contribution in [0.5, 0.6) is 5.75 Å². The zero-order valence-corrected chi connectivity index (χ0v) is 22.6. The van der Waals surface area contributed by atoms with Crippen molar-refractivity contribution in [1.82, 2.24) is 15.1 Å². The minimum Gasteiger partial charge on any atom is -0.489 e. The van der Waals surface area contributed by atoms with Gasteiger partial charge in [-0.25, -0.2) is 14.0 Å². The van der Waals surface area contributed by atoms with Crippen LogP contribution in [0.15, 0.2) is 48.5 Å². The van der Waals surface area contributed by atoms with Crippen molar-refractivity contribution in [3.63, 3.8) is 0 Å². The number of halogens is 3. The summed E-state index contributed by atoms with van der Waals surface area (Å²) >= 11 is 12.2. The van der Waals surface area contributed by atoms with Crippen LogP contribution in [0.4, 0.5) is 20.8 Å². The fraction of sp³-hybridized carbons (Fsp3) is 0.333. The molecule has 9 nitrogen and oxygen atoms in total. The summed E-state index contributed by atoms with van der Waals surface area (Å²) in [5, 5.41) is 10.9. The molecule has 0 radical (unpaired) electrons. The second-order valence-electron chi connectivity index (χ2n) is 9.68. The van der Waals surface area contributed by atoms with Crippen molar-refractivity contribution < 1.29 is 23.2 Å². The largest absolute Gasteiger partial charge is 0.489 e. The predicted molar refractivity (Wildman–Crippen MR) is 146 cm³/mol. The Morgan fingerprint density at radius 3 is 2.51 bits per heavy atom. The number of rotatable bonds is 7. The van der Waals surface area contributed by atoms with E-state index >= 15 is 0 Å². The minimum atomic E-state index is -0.578. The number of aromatic nitrogens is 2. The highest BCUT2D eigenvalue weighted by molar-refractivity contribution is 6.36. The maximum atomic E-state index is 13.8. The molecule has 1 saturated carbocycles. The van der Waals surface area contributed by atoms with Gasteiger partial charge in [-0.15, -0.1) is 10.2 Å². The number of hydrogen-bond donors (Lipinski definition) is 2. The molecular weight excluding hydrogens is 546 g/mol. The number of carbonyl (C=O) groups excluding carboxylic acids is 2. The summed E-state index contributed by atoms with van der Waals surface area (Å²) in [6.07, 6.45) is 2.52. The molecule has 1 saturated heterocycles. The zero-order chi connectivity index (χ0) is 27.6. The molecule has 39 heavy (non-hydrogen) atoms. The third-order valence-corrected chi connectivity index (χ3v) is 7.93. The highest BCUT2D eigenvalue weighted by Crippen LogP contribution is 2.31. The highest BCUT2D eigenvalue weighted by atomic mass is 35.5. The first-order chi connectivity index (χ1) is 18.8.